The first-order valence-electron chi connectivity index (χ1n) is 6.05. The number of hydrogen-bond donors (Lipinski definition) is 0. The Morgan fingerprint density at radius 2 is 2.17 bits per heavy atom. The summed E-state index contributed by atoms with van der Waals surface area (Å²) in [5, 5.41) is 0.707. The second-order valence-corrected chi connectivity index (χ2v) is 6.19. The topological polar surface area (TPSA) is 20.3 Å². The lowest BCUT2D eigenvalue weighted by atomic mass is 9.80. The summed E-state index contributed by atoms with van der Waals surface area (Å²) < 4.78 is 0. The van der Waals surface area contributed by atoms with Crippen LogP contribution in [0.25, 0.3) is 0 Å². The van der Waals surface area contributed by atoms with Gasteiger partial charge in [-0.05, 0) is 49.9 Å². The number of hydrogen-bond acceptors (Lipinski definition) is 1. The number of halogens is 2. The van der Waals surface area contributed by atoms with Crippen LogP contribution >= 0.6 is 23.2 Å². The molecule has 1 aromatic carbocycles. The van der Waals surface area contributed by atoms with E-state index in [1.807, 2.05) is 23.1 Å². The minimum absolute atomic E-state index is 0.000122. The second kappa shape index (κ2) is 4.75. The average Bonchev–Trinajstić information content (AvgIpc) is 2.28. The number of fused-ring (bicyclic) bond motifs is 1. The van der Waals surface area contributed by atoms with Gasteiger partial charge in [0.05, 0.1) is 0 Å². The summed E-state index contributed by atoms with van der Waals surface area (Å²) in [5.41, 5.74) is 1.85. The predicted molar refractivity (Wildman–Crippen MR) is 76.8 cm³/mol. The van der Waals surface area contributed by atoms with Gasteiger partial charge >= 0.3 is 0 Å². The molecule has 0 N–H and O–H groups in total. The van der Waals surface area contributed by atoms with E-state index in [4.69, 9.17) is 23.2 Å². The molecule has 0 aromatic heterocycles. The summed E-state index contributed by atoms with van der Waals surface area (Å²) in [5.74, 6) is 0.324. The molecule has 1 aromatic rings. The second-order valence-electron chi connectivity index (χ2n) is 5.48. The van der Waals surface area contributed by atoms with Crippen LogP contribution in [-0.2, 0) is 4.79 Å². The highest BCUT2D eigenvalue weighted by Crippen LogP contribution is 2.44. The molecule has 18 heavy (non-hydrogen) atoms. The van der Waals surface area contributed by atoms with E-state index in [9.17, 15) is 4.79 Å². The average molecular weight is 286 g/mol. The molecule has 1 amide bonds. The van der Waals surface area contributed by atoms with E-state index < -0.39 is 0 Å². The number of rotatable bonds is 1. The Morgan fingerprint density at radius 3 is 2.78 bits per heavy atom. The third kappa shape index (κ3) is 2.24. The molecule has 2 rings (SSSR count). The van der Waals surface area contributed by atoms with E-state index in [1.54, 1.807) is 0 Å². The fourth-order valence-corrected chi connectivity index (χ4v) is 3.23. The van der Waals surface area contributed by atoms with E-state index in [0.717, 1.165) is 17.7 Å². The van der Waals surface area contributed by atoms with Crippen molar-refractivity contribution in [3.8, 4) is 0 Å². The summed E-state index contributed by atoms with van der Waals surface area (Å²) >= 11 is 11.8. The minimum Gasteiger partial charge on any atom is -0.306 e. The van der Waals surface area contributed by atoms with Crippen LogP contribution in [0.5, 0.6) is 0 Å². The van der Waals surface area contributed by atoms with E-state index >= 15 is 0 Å². The Balaban J connectivity index is 2.58. The molecule has 0 spiro atoms. The van der Waals surface area contributed by atoms with Crippen LogP contribution in [0.3, 0.4) is 0 Å². The first kappa shape index (κ1) is 13.7. The number of nitrogens with zero attached hydrogens (tertiary/aromatic N) is 1. The molecule has 2 nitrogen and oxygen atoms in total. The van der Waals surface area contributed by atoms with Gasteiger partial charge in [0.1, 0.15) is 5.88 Å². The summed E-state index contributed by atoms with van der Waals surface area (Å²) in [6.07, 6.45) is 0.906. The van der Waals surface area contributed by atoms with Crippen molar-refractivity contribution >= 4 is 34.8 Å². The molecular formula is C14H17Cl2NO. The number of anilines is 1. The molecule has 0 bridgehead atoms. The zero-order chi connectivity index (χ0) is 13.5. The third-order valence-electron chi connectivity index (χ3n) is 3.54. The highest BCUT2D eigenvalue weighted by Gasteiger charge is 2.39. The zero-order valence-corrected chi connectivity index (χ0v) is 12.3. The molecule has 98 valence electrons. The molecule has 0 unspecified atom stereocenters. The maximum absolute atomic E-state index is 12.1. The Labute approximate surface area is 118 Å². The van der Waals surface area contributed by atoms with Gasteiger partial charge in [0, 0.05) is 16.2 Å². The molecule has 0 fully saturated rings. The van der Waals surface area contributed by atoms with Crippen molar-refractivity contribution in [3.05, 3.63) is 28.8 Å². The molecule has 0 radical (unpaired) electrons. The van der Waals surface area contributed by atoms with Gasteiger partial charge in [-0.3, -0.25) is 4.79 Å². The van der Waals surface area contributed by atoms with E-state index in [2.05, 4.69) is 20.8 Å². The van der Waals surface area contributed by atoms with Gasteiger partial charge < -0.3 is 4.90 Å². The van der Waals surface area contributed by atoms with E-state index in [1.165, 1.54) is 0 Å². The number of carbonyl (C=O) groups excluding carboxylic acids is 1. The lowest BCUT2D eigenvalue weighted by Gasteiger charge is -2.45. The third-order valence-corrected chi connectivity index (χ3v) is 4.00. The van der Waals surface area contributed by atoms with Crippen molar-refractivity contribution in [2.24, 2.45) is 0 Å². The highest BCUT2D eigenvalue weighted by molar-refractivity contribution is 6.31. The fourth-order valence-electron chi connectivity index (χ4n) is 2.93. The molecule has 4 heteroatoms. The standard InChI is InChI=1S/C14H17Cl2NO/c1-9-7-14(2,3)17(13(18)8-15)12-5-4-10(16)6-11(9)12/h4-6,9H,7-8H2,1-3H3/t9-/m0/s1. The molecule has 0 saturated carbocycles. The van der Waals surface area contributed by atoms with Crippen LogP contribution < -0.4 is 4.90 Å². The van der Waals surface area contributed by atoms with Crippen molar-refractivity contribution in [3.63, 3.8) is 0 Å². The van der Waals surface area contributed by atoms with Gasteiger partial charge in [-0.25, -0.2) is 0 Å². The van der Waals surface area contributed by atoms with Crippen LogP contribution in [0.2, 0.25) is 5.02 Å². The van der Waals surface area contributed by atoms with Crippen LogP contribution in [0.1, 0.15) is 38.7 Å². The van der Waals surface area contributed by atoms with Crippen molar-refractivity contribution in [1.29, 1.82) is 0 Å². The van der Waals surface area contributed by atoms with E-state index in [0.29, 0.717) is 10.9 Å². The molecule has 1 heterocycles. The molecule has 1 aliphatic rings. The number of alkyl halides is 1. The van der Waals surface area contributed by atoms with Gasteiger partial charge in [0.25, 0.3) is 0 Å². The maximum Gasteiger partial charge on any atom is 0.242 e. The van der Waals surface area contributed by atoms with Gasteiger partial charge in [-0.1, -0.05) is 18.5 Å². The fraction of sp³-hybridized carbons (Fsp3) is 0.500. The molecule has 1 atom stereocenters. The number of amides is 1. The van der Waals surface area contributed by atoms with Gasteiger partial charge in [0.2, 0.25) is 5.91 Å². The zero-order valence-electron chi connectivity index (χ0n) is 10.8. The summed E-state index contributed by atoms with van der Waals surface area (Å²) in [6.45, 7) is 6.32. The van der Waals surface area contributed by atoms with Gasteiger partial charge in [0.15, 0.2) is 0 Å². The van der Waals surface area contributed by atoms with Crippen molar-refractivity contribution in [2.45, 2.75) is 38.6 Å². The normalized spacial score (nSPS) is 21.6. The first-order valence-corrected chi connectivity index (χ1v) is 6.96. The van der Waals surface area contributed by atoms with Crippen molar-refractivity contribution in [1.82, 2.24) is 0 Å². The summed E-state index contributed by atoms with van der Waals surface area (Å²) in [4.78, 5) is 13.9. The first-order chi connectivity index (χ1) is 8.36. The van der Waals surface area contributed by atoms with Crippen molar-refractivity contribution in [2.75, 3.05) is 10.8 Å². The molecule has 1 aliphatic heterocycles. The Kier molecular flexibility index (Phi) is 3.61. The number of carbonyl (C=O) groups is 1. The summed E-state index contributed by atoms with van der Waals surface area (Å²) in [6, 6.07) is 5.69. The maximum atomic E-state index is 12.1. The van der Waals surface area contributed by atoms with E-state index in [-0.39, 0.29) is 17.3 Å². The molecular weight excluding hydrogens is 269 g/mol. The minimum atomic E-state index is -0.216. The lowest BCUT2D eigenvalue weighted by molar-refractivity contribution is -0.117. The highest BCUT2D eigenvalue weighted by atomic mass is 35.5. The Morgan fingerprint density at radius 1 is 1.50 bits per heavy atom. The largest absolute Gasteiger partial charge is 0.306 e. The van der Waals surface area contributed by atoms with Crippen LogP contribution in [0, 0.1) is 0 Å². The smallest absolute Gasteiger partial charge is 0.242 e. The molecule has 0 aliphatic carbocycles. The number of benzene rings is 1. The quantitative estimate of drug-likeness (QED) is 0.709. The molecule has 0 saturated heterocycles. The lowest BCUT2D eigenvalue weighted by Crippen LogP contribution is -2.52. The Hall–Kier alpha value is -0.730. The van der Waals surface area contributed by atoms with Crippen LogP contribution in [0.15, 0.2) is 18.2 Å². The van der Waals surface area contributed by atoms with Gasteiger partial charge in [-0.2, -0.15) is 0 Å². The van der Waals surface area contributed by atoms with Gasteiger partial charge in [-0.15, -0.1) is 11.6 Å². The SMILES string of the molecule is C[C@H]1CC(C)(C)N(C(=O)CCl)c2ccc(Cl)cc21. The van der Waals surface area contributed by atoms with Crippen molar-refractivity contribution < 1.29 is 4.79 Å². The monoisotopic (exact) mass is 285 g/mol. The van der Waals surface area contributed by atoms with Crippen LogP contribution in [0.4, 0.5) is 5.69 Å². The predicted octanol–water partition coefficient (Wildman–Crippen LogP) is 4.20. The van der Waals surface area contributed by atoms with Crippen LogP contribution in [-0.4, -0.2) is 17.3 Å². The summed E-state index contributed by atoms with van der Waals surface area (Å²) in [7, 11) is 0. The Bertz CT molecular complexity index is 485.